The van der Waals surface area contributed by atoms with Gasteiger partial charge >= 0.3 is 12.1 Å². The van der Waals surface area contributed by atoms with Crippen LogP contribution in [0.2, 0.25) is 0 Å². The molecule has 2 aliphatic heterocycles. The summed E-state index contributed by atoms with van der Waals surface area (Å²) in [5, 5.41) is 34.5. The number of aliphatic hydroxyl groups is 2. The van der Waals surface area contributed by atoms with E-state index in [1.165, 1.54) is 6.20 Å². The number of aromatic nitrogens is 2. The van der Waals surface area contributed by atoms with Crippen LogP contribution in [-0.4, -0.2) is 81.4 Å². The molecular formula is C16H18F3N5O6. The summed E-state index contributed by atoms with van der Waals surface area (Å²) in [6.45, 7) is -0.353. The molecule has 2 aliphatic rings. The SMILES string of the molecule is O=C(O)C1=CNC(OC[C@H]2OC[C@H](Nc3cncc(C(F)(F)F)n3)[C@@H](O)[C@H]2O)N=C1. The molecule has 0 aromatic carbocycles. The second-order valence-electron chi connectivity index (χ2n) is 6.43. The molecule has 1 aromatic rings. The molecule has 0 bridgehead atoms. The standard InChI is InChI=1S/C16H18F3N5O6/c17-16(18,19)10-3-20-4-11(24-10)23-8-5-29-9(13(26)12(8)25)6-30-15-21-1-7(2-22-15)14(27)28/h1-4,8-9,12-13,15,21,25-26H,5-6H2,(H,23,24)(H,27,28)/t8-,9+,12+,13-,15?/m0/s1. The summed E-state index contributed by atoms with van der Waals surface area (Å²) in [6, 6.07) is -0.944. The number of carbonyl (C=O) groups is 1. The zero-order valence-corrected chi connectivity index (χ0v) is 15.2. The maximum Gasteiger partial charge on any atom is 0.434 e. The molecule has 1 saturated heterocycles. The topological polar surface area (TPSA) is 158 Å². The van der Waals surface area contributed by atoms with Crippen LogP contribution in [0.1, 0.15) is 5.69 Å². The second kappa shape index (κ2) is 8.91. The number of carboxylic acids is 1. The van der Waals surface area contributed by atoms with Crippen LogP contribution in [0.3, 0.4) is 0 Å². The lowest BCUT2D eigenvalue weighted by atomic mass is 9.98. The third kappa shape index (κ3) is 5.21. The molecule has 0 radical (unpaired) electrons. The van der Waals surface area contributed by atoms with Crippen LogP contribution in [-0.2, 0) is 20.4 Å². The molecule has 164 valence electrons. The van der Waals surface area contributed by atoms with Crippen molar-refractivity contribution in [3.05, 3.63) is 29.9 Å². The Morgan fingerprint density at radius 2 is 2.10 bits per heavy atom. The van der Waals surface area contributed by atoms with Crippen LogP contribution in [0.25, 0.3) is 0 Å². The van der Waals surface area contributed by atoms with Gasteiger partial charge in [-0.2, -0.15) is 13.2 Å². The van der Waals surface area contributed by atoms with Crippen LogP contribution in [0.15, 0.2) is 29.2 Å². The summed E-state index contributed by atoms with van der Waals surface area (Å²) < 4.78 is 49.0. The first kappa shape index (κ1) is 21.9. The zero-order valence-electron chi connectivity index (χ0n) is 15.2. The fourth-order valence-electron chi connectivity index (χ4n) is 2.70. The molecule has 5 N–H and O–H groups in total. The van der Waals surface area contributed by atoms with E-state index in [0.717, 1.165) is 12.4 Å². The number of carboxylic acid groups (broad SMARTS) is 1. The Morgan fingerprint density at radius 3 is 2.73 bits per heavy atom. The number of aliphatic imine (C=N–C) groups is 1. The predicted octanol–water partition coefficient (Wildman–Crippen LogP) is -0.661. The highest BCUT2D eigenvalue weighted by Crippen LogP contribution is 2.28. The maximum absolute atomic E-state index is 12.7. The van der Waals surface area contributed by atoms with E-state index in [0.29, 0.717) is 6.20 Å². The summed E-state index contributed by atoms with van der Waals surface area (Å²) in [6.07, 6.45) is -5.44. The third-order valence-corrected chi connectivity index (χ3v) is 4.29. The van der Waals surface area contributed by atoms with Gasteiger partial charge in [0.1, 0.15) is 24.1 Å². The molecular weight excluding hydrogens is 415 g/mol. The highest BCUT2D eigenvalue weighted by Gasteiger charge is 2.39. The number of hydrogen-bond donors (Lipinski definition) is 5. The minimum absolute atomic E-state index is 0.0640. The van der Waals surface area contributed by atoms with Gasteiger partial charge in [-0.25, -0.2) is 14.8 Å². The van der Waals surface area contributed by atoms with Gasteiger partial charge < -0.3 is 35.4 Å². The van der Waals surface area contributed by atoms with Gasteiger partial charge in [0.05, 0.1) is 37.2 Å². The Bertz CT molecular complexity index is 836. The smallest absolute Gasteiger partial charge is 0.434 e. The Kier molecular flexibility index (Phi) is 6.50. The molecule has 30 heavy (non-hydrogen) atoms. The average molecular weight is 433 g/mol. The number of alkyl halides is 3. The zero-order chi connectivity index (χ0) is 21.9. The third-order valence-electron chi connectivity index (χ3n) is 4.29. The van der Waals surface area contributed by atoms with Gasteiger partial charge in [0.15, 0.2) is 5.69 Å². The predicted molar refractivity (Wildman–Crippen MR) is 93.3 cm³/mol. The first-order chi connectivity index (χ1) is 14.1. The van der Waals surface area contributed by atoms with Gasteiger partial charge in [0, 0.05) is 12.4 Å². The van der Waals surface area contributed by atoms with Crippen LogP contribution < -0.4 is 10.6 Å². The van der Waals surface area contributed by atoms with Gasteiger partial charge in [-0.3, -0.25) is 4.98 Å². The molecule has 1 unspecified atom stereocenters. The van der Waals surface area contributed by atoms with Gasteiger partial charge in [-0.15, -0.1) is 0 Å². The molecule has 0 spiro atoms. The number of hydrogen-bond acceptors (Lipinski definition) is 10. The molecule has 14 heteroatoms. The fourth-order valence-corrected chi connectivity index (χ4v) is 2.70. The molecule has 1 aromatic heterocycles. The van der Waals surface area contributed by atoms with Crippen molar-refractivity contribution >= 4 is 18.0 Å². The highest BCUT2D eigenvalue weighted by atomic mass is 19.4. The van der Waals surface area contributed by atoms with E-state index in [2.05, 4.69) is 25.6 Å². The van der Waals surface area contributed by atoms with Crippen LogP contribution in [0.4, 0.5) is 19.0 Å². The summed E-state index contributed by atoms with van der Waals surface area (Å²) in [7, 11) is 0. The van der Waals surface area contributed by atoms with Crippen molar-refractivity contribution in [3.63, 3.8) is 0 Å². The normalized spacial score (nSPS) is 29.1. The lowest BCUT2D eigenvalue weighted by Gasteiger charge is -2.38. The summed E-state index contributed by atoms with van der Waals surface area (Å²) >= 11 is 0. The monoisotopic (exact) mass is 433 g/mol. The highest BCUT2D eigenvalue weighted by molar-refractivity contribution is 6.08. The van der Waals surface area contributed by atoms with E-state index in [-0.39, 0.29) is 24.6 Å². The van der Waals surface area contributed by atoms with Crippen molar-refractivity contribution < 1.29 is 42.8 Å². The molecule has 1 fully saturated rings. The molecule has 3 heterocycles. The Labute approximate surface area is 167 Å². The van der Waals surface area contributed by atoms with Gasteiger partial charge in [-0.1, -0.05) is 0 Å². The van der Waals surface area contributed by atoms with E-state index in [1.54, 1.807) is 0 Å². The van der Waals surface area contributed by atoms with Crippen LogP contribution in [0, 0.1) is 0 Å². The van der Waals surface area contributed by atoms with Crippen molar-refractivity contribution in [2.24, 2.45) is 4.99 Å². The number of anilines is 1. The first-order valence-corrected chi connectivity index (χ1v) is 8.63. The molecule has 3 rings (SSSR count). The number of nitrogens with one attached hydrogen (secondary N) is 2. The lowest BCUT2D eigenvalue weighted by molar-refractivity contribution is -0.166. The summed E-state index contributed by atoms with van der Waals surface area (Å²) in [4.78, 5) is 21.5. The van der Waals surface area contributed by atoms with Crippen molar-refractivity contribution in [2.75, 3.05) is 18.5 Å². The maximum atomic E-state index is 12.7. The number of rotatable bonds is 6. The Hall–Kier alpha value is -2.81. The second-order valence-corrected chi connectivity index (χ2v) is 6.43. The number of aliphatic hydroxyl groups excluding tert-OH is 2. The lowest BCUT2D eigenvalue weighted by Crippen LogP contribution is -2.57. The Morgan fingerprint density at radius 1 is 1.33 bits per heavy atom. The molecule has 11 nitrogen and oxygen atoms in total. The van der Waals surface area contributed by atoms with Gasteiger partial charge in [-0.05, 0) is 0 Å². The molecule has 0 aliphatic carbocycles. The Balaban J connectivity index is 1.52. The largest absolute Gasteiger partial charge is 0.478 e. The van der Waals surface area contributed by atoms with Crippen molar-refractivity contribution in [1.29, 1.82) is 0 Å². The van der Waals surface area contributed by atoms with E-state index >= 15 is 0 Å². The first-order valence-electron chi connectivity index (χ1n) is 8.63. The minimum atomic E-state index is -4.68. The summed E-state index contributed by atoms with van der Waals surface area (Å²) in [5.41, 5.74) is -1.27. The number of nitrogens with zero attached hydrogens (tertiary/aromatic N) is 3. The summed E-state index contributed by atoms with van der Waals surface area (Å²) in [5.74, 6) is -1.40. The fraction of sp³-hybridized carbons (Fsp3) is 0.500. The molecule has 0 saturated carbocycles. The molecule has 0 amide bonds. The average Bonchev–Trinajstić information content (AvgIpc) is 2.71. The van der Waals surface area contributed by atoms with Gasteiger partial charge in [0.2, 0.25) is 6.35 Å². The quantitative estimate of drug-likeness (QED) is 0.390. The van der Waals surface area contributed by atoms with Crippen molar-refractivity contribution in [1.82, 2.24) is 15.3 Å². The van der Waals surface area contributed by atoms with Crippen molar-refractivity contribution in [3.8, 4) is 0 Å². The number of aliphatic carboxylic acids is 1. The minimum Gasteiger partial charge on any atom is -0.478 e. The van der Waals surface area contributed by atoms with Crippen LogP contribution >= 0.6 is 0 Å². The van der Waals surface area contributed by atoms with Gasteiger partial charge in [0.25, 0.3) is 0 Å². The van der Waals surface area contributed by atoms with E-state index in [9.17, 15) is 28.2 Å². The number of ether oxygens (including phenoxy) is 2. The van der Waals surface area contributed by atoms with E-state index in [1.807, 2.05) is 0 Å². The van der Waals surface area contributed by atoms with E-state index < -0.39 is 48.5 Å². The van der Waals surface area contributed by atoms with Crippen molar-refractivity contribution in [2.45, 2.75) is 36.9 Å². The number of halogens is 3. The van der Waals surface area contributed by atoms with E-state index in [4.69, 9.17) is 14.6 Å². The molecule has 5 atom stereocenters. The van der Waals surface area contributed by atoms with Crippen LogP contribution in [0.5, 0.6) is 0 Å².